The van der Waals surface area contributed by atoms with Gasteiger partial charge in [0, 0.05) is 29.6 Å². The van der Waals surface area contributed by atoms with E-state index in [0.717, 1.165) is 17.8 Å². The predicted molar refractivity (Wildman–Crippen MR) is 56.8 cm³/mol. The van der Waals surface area contributed by atoms with E-state index in [-0.39, 0.29) is 0 Å². The van der Waals surface area contributed by atoms with E-state index in [1.54, 1.807) is 0 Å². The van der Waals surface area contributed by atoms with Crippen LogP contribution in [-0.4, -0.2) is 10.7 Å². The summed E-state index contributed by atoms with van der Waals surface area (Å²) in [5, 5.41) is 0. The molecule has 0 aliphatic carbocycles. The zero-order valence-electron chi connectivity index (χ0n) is 8.76. The molecular formula is C11H16N2. The van der Waals surface area contributed by atoms with E-state index in [1.807, 2.05) is 33.0 Å². The Bertz CT molecular complexity index is 327. The lowest BCUT2D eigenvalue weighted by Crippen LogP contribution is -1.93. The first-order chi connectivity index (χ1) is 6.27. The van der Waals surface area contributed by atoms with Crippen LogP contribution >= 0.6 is 0 Å². The fourth-order valence-electron chi connectivity index (χ4n) is 1.41. The van der Waals surface area contributed by atoms with Crippen molar-refractivity contribution < 1.29 is 0 Å². The molecule has 0 unspecified atom stereocenters. The molecule has 1 aromatic rings. The highest BCUT2D eigenvalue weighted by Gasteiger charge is 2.12. The average Bonchev–Trinajstić information content (AvgIpc) is 2.51. The minimum Gasteiger partial charge on any atom is -0.261 e. The van der Waals surface area contributed by atoms with Crippen molar-refractivity contribution in [1.29, 1.82) is 0 Å². The normalized spacial score (nSPS) is 12.8. The summed E-state index contributed by atoms with van der Waals surface area (Å²) in [6.45, 7) is 8.09. The minimum atomic E-state index is 0.981. The van der Waals surface area contributed by atoms with E-state index in [4.69, 9.17) is 0 Å². The highest BCUT2D eigenvalue weighted by molar-refractivity contribution is 5.92. The first-order valence-electron chi connectivity index (χ1n) is 4.76. The number of fused-ring (bicyclic) bond motifs is 1. The first kappa shape index (κ1) is 9.90. The zero-order valence-corrected chi connectivity index (χ0v) is 8.76. The maximum Gasteiger partial charge on any atom is 0.0698 e. The van der Waals surface area contributed by atoms with Crippen molar-refractivity contribution in [2.24, 2.45) is 4.99 Å². The number of rotatable bonds is 0. The molecule has 1 aliphatic heterocycles. The molecule has 0 amide bonds. The second-order valence-electron chi connectivity index (χ2n) is 2.92. The predicted octanol–water partition coefficient (Wildman–Crippen LogP) is 3.06. The van der Waals surface area contributed by atoms with Crippen LogP contribution < -0.4 is 0 Å². The van der Waals surface area contributed by atoms with E-state index >= 15 is 0 Å². The second-order valence-corrected chi connectivity index (χ2v) is 2.92. The van der Waals surface area contributed by atoms with Gasteiger partial charge in [0.15, 0.2) is 0 Å². The largest absolute Gasteiger partial charge is 0.261 e. The van der Waals surface area contributed by atoms with E-state index in [0.29, 0.717) is 0 Å². The van der Waals surface area contributed by atoms with Gasteiger partial charge >= 0.3 is 0 Å². The van der Waals surface area contributed by atoms with Gasteiger partial charge in [-0.2, -0.15) is 0 Å². The number of aliphatic imine (C=N–C) groups is 1. The molecule has 1 aliphatic rings. The molecule has 0 radical (unpaired) electrons. The number of hydrogen-bond donors (Lipinski definition) is 0. The van der Waals surface area contributed by atoms with Crippen LogP contribution in [0.25, 0.3) is 0 Å². The van der Waals surface area contributed by atoms with Gasteiger partial charge in [-0.15, -0.1) is 0 Å². The van der Waals surface area contributed by atoms with Crippen molar-refractivity contribution in [3.63, 3.8) is 0 Å². The quantitative estimate of drug-likeness (QED) is 0.596. The molecule has 0 saturated carbocycles. The van der Waals surface area contributed by atoms with Crippen molar-refractivity contribution in [2.75, 3.05) is 0 Å². The van der Waals surface area contributed by atoms with Crippen LogP contribution in [0.1, 0.15) is 32.0 Å². The highest BCUT2D eigenvalue weighted by atomic mass is 14.8. The van der Waals surface area contributed by atoms with Gasteiger partial charge in [0.05, 0.1) is 5.69 Å². The van der Waals surface area contributed by atoms with Crippen LogP contribution in [0.4, 0.5) is 5.69 Å². The maximum atomic E-state index is 4.39. The third-order valence-electron chi connectivity index (χ3n) is 1.99. The molecule has 13 heavy (non-hydrogen) atoms. The summed E-state index contributed by atoms with van der Waals surface area (Å²) in [5.74, 6) is 0. The monoisotopic (exact) mass is 176 g/mol. The van der Waals surface area contributed by atoms with Crippen molar-refractivity contribution in [3.8, 4) is 0 Å². The number of nitrogens with zero attached hydrogens (tertiary/aromatic N) is 2. The van der Waals surface area contributed by atoms with Gasteiger partial charge in [-0.25, -0.2) is 0 Å². The Morgan fingerprint density at radius 2 is 1.92 bits per heavy atom. The number of aromatic nitrogens is 1. The molecule has 70 valence electrons. The van der Waals surface area contributed by atoms with Crippen LogP contribution in [0.2, 0.25) is 0 Å². The van der Waals surface area contributed by atoms with Crippen LogP contribution in [0, 0.1) is 6.92 Å². The molecule has 0 aromatic carbocycles. The molecule has 1 aromatic heterocycles. The number of pyridine rings is 1. The molecule has 0 saturated heterocycles. The lowest BCUT2D eigenvalue weighted by atomic mass is 10.1. The summed E-state index contributed by atoms with van der Waals surface area (Å²) in [7, 11) is 0. The van der Waals surface area contributed by atoms with Gasteiger partial charge in [0.2, 0.25) is 0 Å². The molecule has 2 heterocycles. The van der Waals surface area contributed by atoms with E-state index in [2.05, 4.69) is 16.9 Å². The molecule has 2 nitrogen and oxygen atoms in total. The van der Waals surface area contributed by atoms with E-state index in [9.17, 15) is 0 Å². The molecular weight excluding hydrogens is 160 g/mol. The number of aryl methyl sites for hydroxylation is 1. The maximum absolute atomic E-state index is 4.39. The van der Waals surface area contributed by atoms with Crippen LogP contribution in [0.15, 0.2) is 17.3 Å². The van der Waals surface area contributed by atoms with Gasteiger partial charge in [-0.3, -0.25) is 9.98 Å². The Labute approximate surface area is 79.7 Å². The molecule has 2 heteroatoms. The summed E-state index contributed by atoms with van der Waals surface area (Å²) in [6.07, 6.45) is 2.80. The molecule has 0 fully saturated rings. The van der Waals surface area contributed by atoms with E-state index in [1.165, 1.54) is 11.3 Å². The van der Waals surface area contributed by atoms with Crippen molar-refractivity contribution >= 4 is 11.4 Å². The lowest BCUT2D eigenvalue weighted by molar-refractivity contribution is 1.14. The molecule has 0 atom stereocenters. The Morgan fingerprint density at radius 1 is 1.23 bits per heavy atom. The third-order valence-corrected chi connectivity index (χ3v) is 1.99. The molecule has 0 N–H and O–H groups in total. The van der Waals surface area contributed by atoms with Crippen LogP contribution in [-0.2, 0) is 6.42 Å². The third kappa shape index (κ3) is 1.94. The Balaban J connectivity index is 0.000000396. The first-order valence-corrected chi connectivity index (χ1v) is 4.76. The molecule has 2 rings (SSSR count). The van der Waals surface area contributed by atoms with Crippen molar-refractivity contribution in [1.82, 2.24) is 4.98 Å². The Morgan fingerprint density at radius 3 is 2.54 bits per heavy atom. The van der Waals surface area contributed by atoms with Gasteiger partial charge in [0.25, 0.3) is 0 Å². The lowest BCUT2D eigenvalue weighted by Gasteiger charge is -1.98. The SMILES string of the molecule is CC.CC1=Nc2ccnc(C)c2C1. The standard InChI is InChI=1S/C9H10N2.C2H6/c1-6-5-8-7(2)10-4-3-9(8)11-6;1-2/h3-4H,5H2,1-2H3;1-2H3. The summed E-state index contributed by atoms with van der Waals surface area (Å²) < 4.78 is 0. The fourth-order valence-corrected chi connectivity index (χ4v) is 1.41. The zero-order chi connectivity index (χ0) is 9.84. The average molecular weight is 176 g/mol. The summed E-state index contributed by atoms with van der Waals surface area (Å²) >= 11 is 0. The number of hydrogen-bond acceptors (Lipinski definition) is 2. The topological polar surface area (TPSA) is 25.2 Å². The van der Waals surface area contributed by atoms with Crippen LogP contribution in [0.5, 0.6) is 0 Å². The molecule has 0 bridgehead atoms. The van der Waals surface area contributed by atoms with Gasteiger partial charge in [0.1, 0.15) is 0 Å². The fraction of sp³-hybridized carbons (Fsp3) is 0.455. The Hall–Kier alpha value is -1.18. The summed E-state index contributed by atoms with van der Waals surface area (Å²) in [6, 6.07) is 1.97. The molecule has 0 spiro atoms. The minimum absolute atomic E-state index is 0.981. The van der Waals surface area contributed by atoms with Gasteiger partial charge in [-0.1, -0.05) is 13.8 Å². The van der Waals surface area contributed by atoms with E-state index < -0.39 is 0 Å². The summed E-state index contributed by atoms with van der Waals surface area (Å²) in [4.78, 5) is 8.60. The van der Waals surface area contributed by atoms with Gasteiger partial charge in [-0.05, 0) is 19.9 Å². The highest BCUT2D eigenvalue weighted by Crippen LogP contribution is 2.27. The smallest absolute Gasteiger partial charge is 0.0698 e. The second kappa shape index (κ2) is 4.17. The Kier molecular flexibility index (Phi) is 3.18. The van der Waals surface area contributed by atoms with Gasteiger partial charge < -0.3 is 0 Å². The van der Waals surface area contributed by atoms with Crippen molar-refractivity contribution in [3.05, 3.63) is 23.5 Å². The summed E-state index contributed by atoms with van der Waals surface area (Å²) in [5.41, 5.74) is 4.71. The van der Waals surface area contributed by atoms with Crippen molar-refractivity contribution in [2.45, 2.75) is 34.1 Å². The van der Waals surface area contributed by atoms with Crippen LogP contribution in [0.3, 0.4) is 0 Å².